The van der Waals surface area contributed by atoms with E-state index in [4.69, 9.17) is 14.2 Å². The molecule has 2 heterocycles. The van der Waals surface area contributed by atoms with Gasteiger partial charge in [-0.2, -0.15) is 18.3 Å². The van der Waals surface area contributed by atoms with Crippen LogP contribution in [0.15, 0.2) is 42.6 Å². The smallest absolute Gasteiger partial charge is 0.416 e. The lowest BCUT2D eigenvalue weighted by Gasteiger charge is -2.30. The van der Waals surface area contributed by atoms with Gasteiger partial charge in [-0.3, -0.25) is 0 Å². The zero-order chi connectivity index (χ0) is 26.3. The van der Waals surface area contributed by atoms with Crippen molar-refractivity contribution in [3.05, 3.63) is 65.0 Å². The molecule has 0 N–H and O–H groups in total. The number of benzene rings is 2. The van der Waals surface area contributed by atoms with Crippen molar-refractivity contribution in [1.82, 2.24) is 9.78 Å². The summed E-state index contributed by atoms with van der Waals surface area (Å²) in [7, 11) is 1.13. The number of carbonyl (C=O) groups is 1. The Morgan fingerprint density at radius 1 is 1.14 bits per heavy atom. The Labute approximate surface area is 208 Å². The molecular formula is C27H29F3N2O4. The third-order valence-corrected chi connectivity index (χ3v) is 5.84. The molecule has 1 unspecified atom stereocenters. The number of hydrogen-bond donors (Lipinski definition) is 0. The number of rotatable bonds is 5. The highest BCUT2D eigenvalue weighted by Crippen LogP contribution is 2.46. The Kier molecular flexibility index (Phi) is 6.88. The van der Waals surface area contributed by atoms with Crippen molar-refractivity contribution in [2.45, 2.75) is 58.4 Å². The first-order chi connectivity index (χ1) is 16.9. The predicted octanol–water partition coefficient (Wildman–Crippen LogP) is 6.22. The minimum absolute atomic E-state index is 0.195. The number of fused-ring (bicyclic) bond motifs is 1. The monoisotopic (exact) mass is 502 g/mol. The number of aromatic nitrogens is 2. The summed E-state index contributed by atoms with van der Waals surface area (Å²) in [5.41, 5.74) is 0.421. The molecule has 1 aliphatic heterocycles. The van der Waals surface area contributed by atoms with Crippen molar-refractivity contribution in [2.24, 2.45) is 0 Å². The van der Waals surface area contributed by atoms with E-state index in [1.807, 2.05) is 6.07 Å². The summed E-state index contributed by atoms with van der Waals surface area (Å²) in [6, 6.07) is 9.37. The first-order valence-corrected chi connectivity index (χ1v) is 11.7. The second-order valence-electron chi connectivity index (χ2n) is 9.73. The zero-order valence-corrected chi connectivity index (χ0v) is 20.9. The number of nitrogens with zero attached hydrogens (tertiary/aromatic N) is 2. The summed E-state index contributed by atoms with van der Waals surface area (Å²) in [6.07, 6.45) is -3.19. The Hall–Kier alpha value is -3.33. The summed E-state index contributed by atoms with van der Waals surface area (Å²) in [4.78, 5) is 13.0. The van der Waals surface area contributed by atoms with Crippen LogP contribution in [0.3, 0.4) is 0 Å². The summed E-state index contributed by atoms with van der Waals surface area (Å²) < 4.78 is 61.5. The van der Waals surface area contributed by atoms with Crippen LogP contribution in [0.4, 0.5) is 13.2 Å². The highest BCUT2D eigenvalue weighted by Gasteiger charge is 2.42. The summed E-state index contributed by atoms with van der Waals surface area (Å²) in [5, 5.41) is 4.44. The highest BCUT2D eigenvalue weighted by atomic mass is 19.4. The van der Waals surface area contributed by atoms with Crippen LogP contribution in [-0.4, -0.2) is 35.1 Å². The second-order valence-corrected chi connectivity index (χ2v) is 9.73. The number of halogens is 3. The van der Waals surface area contributed by atoms with E-state index in [9.17, 15) is 18.0 Å². The van der Waals surface area contributed by atoms with E-state index in [1.54, 1.807) is 52.1 Å². The van der Waals surface area contributed by atoms with Gasteiger partial charge in [0, 0.05) is 17.3 Å². The molecule has 0 spiro atoms. The number of hydrogen-bond acceptors (Lipinski definition) is 5. The van der Waals surface area contributed by atoms with Crippen molar-refractivity contribution >= 4 is 5.97 Å². The summed E-state index contributed by atoms with van der Waals surface area (Å²) in [6.45, 7) is 7.40. The average molecular weight is 503 g/mol. The largest absolute Gasteiger partial charge is 0.493 e. The lowest BCUT2D eigenvalue weighted by atomic mass is 9.88. The van der Waals surface area contributed by atoms with Gasteiger partial charge in [0.25, 0.3) is 0 Å². The quantitative estimate of drug-likeness (QED) is 0.388. The number of alkyl halides is 3. The van der Waals surface area contributed by atoms with E-state index in [2.05, 4.69) is 5.10 Å². The second kappa shape index (κ2) is 9.61. The number of carbonyl (C=O) groups excluding carboxylic acids is 1. The van der Waals surface area contributed by atoms with Crippen LogP contribution in [0.1, 0.15) is 55.7 Å². The molecule has 4 rings (SSSR count). The molecule has 6 nitrogen and oxygen atoms in total. The van der Waals surface area contributed by atoms with Crippen molar-refractivity contribution < 1.29 is 32.2 Å². The molecule has 192 valence electrons. The van der Waals surface area contributed by atoms with Gasteiger partial charge in [0.2, 0.25) is 0 Å². The van der Waals surface area contributed by atoms with Crippen LogP contribution in [0, 0.1) is 6.92 Å². The SMILES string of the molecule is COC(=O)C(OC(C)(C)C)c1c(C(F)(F)F)ccc(-n2ccc(C)n2)c1-c1ccc2c(c1)CCCO2. The summed E-state index contributed by atoms with van der Waals surface area (Å²) in [5.74, 6) is -0.225. The van der Waals surface area contributed by atoms with E-state index < -0.39 is 29.4 Å². The molecule has 0 radical (unpaired) electrons. The molecule has 0 saturated heterocycles. The molecule has 3 aromatic rings. The maximum atomic E-state index is 14.5. The number of ether oxygens (including phenoxy) is 3. The normalized spacial score (nSPS) is 14.7. The van der Waals surface area contributed by atoms with Gasteiger partial charge >= 0.3 is 12.1 Å². The molecule has 0 fully saturated rings. The number of esters is 1. The fourth-order valence-corrected chi connectivity index (χ4v) is 4.37. The van der Waals surface area contributed by atoms with Gasteiger partial charge in [-0.05, 0) is 82.0 Å². The van der Waals surface area contributed by atoms with Crippen LogP contribution in [0.25, 0.3) is 16.8 Å². The molecule has 1 aliphatic rings. The molecule has 0 aliphatic carbocycles. The number of aryl methyl sites for hydroxylation is 2. The average Bonchev–Trinajstić information content (AvgIpc) is 3.25. The van der Waals surface area contributed by atoms with Gasteiger partial charge < -0.3 is 14.2 Å². The molecule has 0 amide bonds. The molecule has 2 aromatic carbocycles. The van der Waals surface area contributed by atoms with Crippen LogP contribution >= 0.6 is 0 Å². The minimum atomic E-state index is -4.76. The van der Waals surface area contributed by atoms with Crippen LogP contribution < -0.4 is 4.74 Å². The maximum absolute atomic E-state index is 14.5. The summed E-state index contributed by atoms with van der Waals surface area (Å²) >= 11 is 0. The fraction of sp³-hybridized carbons (Fsp3) is 0.407. The molecule has 9 heteroatoms. The van der Waals surface area contributed by atoms with Crippen molar-refractivity contribution in [1.29, 1.82) is 0 Å². The van der Waals surface area contributed by atoms with Gasteiger partial charge in [0.05, 0.1) is 36.3 Å². The Morgan fingerprint density at radius 3 is 2.50 bits per heavy atom. The van der Waals surface area contributed by atoms with Crippen LogP contribution in [0.2, 0.25) is 0 Å². The molecular weight excluding hydrogens is 473 g/mol. The third-order valence-electron chi connectivity index (χ3n) is 5.84. The van der Waals surface area contributed by atoms with Gasteiger partial charge in [0.15, 0.2) is 6.10 Å². The van der Waals surface area contributed by atoms with E-state index in [0.29, 0.717) is 29.3 Å². The van der Waals surface area contributed by atoms with E-state index in [1.165, 1.54) is 10.7 Å². The Bertz CT molecular complexity index is 1270. The van der Waals surface area contributed by atoms with Gasteiger partial charge in [-0.1, -0.05) is 6.07 Å². The lowest BCUT2D eigenvalue weighted by molar-refractivity contribution is -0.166. The molecule has 1 aromatic heterocycles. The maximum Gasteiger partial charge on any atom is 0.416 e. The van der Waals surface area contributed by atoms with Gasteiger partial charge in [0.1, 0.15) is 5.75 Å². The molecule has 0 bridgehead atoms. The highest BCUT2D eigenvalue weighted by molar-refractivity contribution is 5.86. The first-order valence-electron chi connectivity index (χ1n) is 11.7. The minimum Gasteiger partial charge on any atom is -0.493 e. The van der Waals surface area contributed by atoms with Crippen molar-refractivity contribution in [2.75, 3.05) is 13.7 Å². The van der Waals surface area contributed by atoms with Crippen molar-refractivity contribution in [3.63, 3.8) is 0 Å². The number of methoxy groups -OCH3 is 1. The van der Waals surface area contributed by atoms with E-state index >= 15 is 0 Å². The molecule has 0 saturated carbocycles. The predicted molar refractivity (Wildman–Crippen MR) is 128 cm³/mol. The zero-order valence-electron chi connectivity index (χ0n) is 20.9. The fourth-order valence-electron chi connectivity index (χ4n) is 4.37. The van der Waals surface area contributed by atoms with E-state index in [-0.39, 0.29) is 11.1 Å². The third kappa shape index (κ3) is 5.26. The van der Waals surface area contributed by atoms with E-state index in [0.717, 1.165) is 31.6 Å². The van der Waals surface area contributed by atoms with Gasteiger partial charge in [-0.25, -0.2) is 9.48 Å². The van der Waals surface area contributed by atoms with Gasteiger partial charge in [-0.15, -0.1) is 0 Å². The van der Waals surface area contributed by atoms with Crippen molar-refractivity contribution in [3.8, 4) is 22.6 Å². The lowest BCUT2D eigenvalue weighted by Crippen LogP contribution is -2.30. The van der Waals surface area contributed by atoms with Crippen LogP contribution in [-0.2, 0) is 26.9 Å². The Balaban J connectivity index is 2.10. The topological polar surface area (TPSA) is 62.6 Å². The Morgan fingerprint density at radius 2 is 1.89 bits per heavy atom. The standard InChI is InChI=1S/C27H29F3N2O4/c1-16-12-13-32(31-16)20-10-9-19(27(28,29)30)23(24(25(33)34-5)36-26(2,3)4)22(20)18-8-11-21-17(15-18)7-6-14-35-21/h8-13,15,24H,6-7,14H2,1-5H3. The first kappa shape index (κ1) is 25.8. The molecule has 1 atom stereocenters. The van der Waals surface area contributed by atoms with Crippen LogP contribution in [0.5, 0.6) is 5.75 Å². The molecule has 36 heavy (non-hydrogen) atoms.